The van der Waals surface area contributed by atoms with Crippen LogP contribution in [0.15, 0.2) is 0 Å². The Labute approximate surface area is 175 Å². The maximum absolute atomic E-state index is 11.6. The molecule has 0 amide bonds. The fraction of sp³-hybridized carbons (Fsp3) is 0.706. The van der Waals surface area contributed by atoms with Gasteiger partial charge in [0.2, 0.25) is 0 Å². The Morgan fingerprint density at radius 1 is 0.655 bits per heavy atom. The molecule has 1 N–H and O–H groups in total. The largest absolute Gasteiger partial charge is 0.462 e. The fourth-order valence-corrected chi connectivity index (χ4v) is 2.34. The Morgan fingerprint density at radius 2 is 1.03 bits per heavy atom. The molecule has 0 heterocycles. The molecule has 12 heteroatoms. The molecule has 0 aliphatic heterocycles. The first-order valence-electron chi connectivity index (χ1n) is 8.44. The number of carbonyl (C=O) groups excluding carboxylic acids is 5. The average Bonchev–Trinajstić information content (AvgIpc) is 2.53. The van der Waals surface area contributed by atoms with E-state index in [1.165, 1.54) is 0 Å². The van der Waals surface area contributed by atoms with Crippen molar-refractivity contribution >= 4 is 42.3 Å². The zero-order chi connectivity index (χ0) is 21.9. The van der Waals surface area contributed by atoms with Crippen molar-refractivity contribution in [2.45, 2.75) is 59.0 Å². The van der Waals surface area contributed by atoms with Gasteiger partial charge < -0.3 is 29.0 Å². The van der Waals surface area contributed by atoms with Gasteiger partial charge in [-0.05, 0) is 7.05 Å². The number of hydrogen-bond acceptors (Lipinski definition) is 11. The Bertz CT molecular complexity index is 583. The number of ether oxygens (including phenoxy) is 5. The highest BCUT2D eigenvalue weighted by Crippen LogP contribution is 2.20. The van der Waals surface area contributed by atoms with Crippen molar-refractivity contribution < 1.29 is 47.7 Å². The van der Waals surface area contributed by atoms with Crippen LogP contribution < -0.4 is 5.32 Å². The molecular weight excluding hydrogens is 414 g/mol. The number of likely N-dealkylation sites (N-methyl/N-ethyl adjacent to an activating group) is 1. The first-order chi connectivity index (χ1) is 13.0. The SMILES string of the molecule is CNCC(OC(C)=O)C(OC(C)=O)C(OC(C)=O)C(COC(C)=O)OC(C)=O.Cl. The molecule has 168 valence electrons. The second-order valence-corrected chi connectivity index (χ2v) is 5.80. The molecule has 11 nitrogen and oxygen atoms in total. The molecule has 4 unspecified atom stereocenters. The van der Waals surface area contributed by atoms with E-state index in [-0.39, 0.29) is 19.0 Å². The van der Waals surface area contributed by atoms with Gasteiger partial charge in [-0.1, -0.05) is 0 Å². The van der Waals surface area contributed by atoms with Gasteiger partial charge in [-0.15, -0.1) is 12.4 Å². The molecule has 0 aromatic heterocycles. The van der Waals surface area contributed by atoms with Gasteiger partial charge in [0.15, 0.2) is 24.4 Å². The molecule has 29 heavy (non-hydrogen) atoms. The second kappa shape index (κ2) is 14.6. The van der Waals surface area contributed by atoms with Gasteiger partial charge in [-0.25, -0.2) is 0 Å². The summed E-state index contributed by atoms with van der Waals surface area (Å²) < 4.78 is 25.6. The second-order valence-electron chi connectivity index (χ2n) is 5.80. The van der Waals surface area contributed by atoms with E-state index < -0.39 is 60.9 Å². The van der Waals surface area contributed by atoms with E-state index in [4.69, 9.17) is 23.7 Å². The van der Waals surface area contributed by atoms with E-state index in [0.717, 1.165) is 34.6 Å². The number of carbonyl (C=O) groups is 5. The van der Waals surface area contributed by atoms with Crippen LogP contribution in [-0.2, 0) is 47.7 Å². The van der Waals surface area contributed by atoms with Gasteiger partial charge in [-0.3, -0.25) is 24.0 Å². The number of halogens is 1. The van der Waals surface area contributed by atoms with E-state index in [9.17, 15) is 24.0 Å². The highest BCUT2D eigenvalue weighted by atomic mass is 35.5. The standard InChI is InChI=1S/C17H27NO10.ClH/c1-9(19)24-8-15(26-11(3)21)17(28-13(5)23)16(27-12(4)22)14(7-18-6)25-10(2)20;/h14-18H,7-8H2,1-6H3;1H. The van der Waals surface area contributed by atoms with Crippen LogP contribution in [0.4, 0.5) is 0 Å². The number of rotatable bonds is 11. The van der Waals surface area contributed by atoms with E-state index in [2.05, 4.69) is 5.32 Å². The van der Waals surface area contributed by atoms with Crippen molar-refractivity contribution in [3.8, 4) is 0 Å². The van der Waals surface area contributed by atoms with E-state index in [1.54, 1.807) is 7.05 Å². The molecule has 0 fully saturated rings. The molecule has 4 atom stereocenters. The maximum Gasteiger partial charge on any atom is 0.303 e. The topological polar surface area (TPSA) is 144 Å². The first-order valence-corrected chi connectivity index (χ1v) is 8.44. The third-order valence-corrected chi connectivity index (χ3v) is 3.15. The molecule has 0 aliphatic carbocycles. The molecule has 0 spiro atoms. The predicted octanol–water partition coefficient (Wildman–Crippen LogP) is -0.0825. The quantitative estimate of drug-likeness (QED) is 0.339. The summed E-state index contributed by atoms with van der Waals surface area (Å²) >= 11 is 0. The third kappa shape index (κ3) is 12.6. The van der Waals surface area contributed by atoms with Crippen LogP contribution in [0.5, 0.6) is 0 Å². The van der Waals surface area contributed by atoms with Crippen LogP contribution in [0, 0.1) is 0 Å². The number of esters is 5. The summed E-state index contributed by atoms with van der Waals surface area (Å²) in [6.07, 6.45) is -5.17. The normalized spacial score (nSPS) is 14.1. The lowest BCUT2D eigenvalue weighted by Crippen LogP contribution is -2.55. The van der Waals surface area contributed by atoms with Gasteiger partial charge in [0.1, 0.15) is 6.61 Å². The summed E-state index contributed by atoms with van der Waals surface area (Å²) in [5.41, 5.74) is 0. The fourth-order valence-electron chi connectivity index (χ4n) is 2.34. The van der Waals surface area contributed by atoms with E-state index in [0.29, 0.717) is 0 Å². The van der Waals surface area contributed by atoms with Crippen LogP contribution in [-0.4, -0.2) is 74.5 Å². The van der Waals surface area contributed by atoms with Crippen LogP contribution in [0.1, 0.15) is 34.6 Å². The summed E-state index contributed by atoms with van der Waals surface area (Å²) in [5.74, 6) is -3.65. The summed E-state index contributed by atoms with van der Waals surface area (Å²) in [7, 11) is 1.56. The monoisotopic (exact) mass is 441 g/mol. The molecule has 0 rings (SSSR count). The minimum atomic E-state index is -1.41. The number of hydrogen-bond donors (Lipinski definition) is 1. The minimum Gasteiger partial charge on any atom is -0.462 e. The Kier molecular flexibility index (Phi) is 14.5. The summed E-state index contributed by atoms with van der Waals surface area (Å²) in [6, 6.07) is 0. The summed E-state index contributed by atoms with van der Waals surface area (Å²) in [4.78, 5) is 57.4. The maximum atomic E-state index is 11.6. The zero-order valence-electron chi connectivity index (χ0n) is 17.2. The van der Waals surface area contributed by atoms with Gasteiger partial charge in [0.25, 0.3) is 0 Å². The van der Waals surface area contributed by atoms with E-state index >= 15 is 0 Å². The van der Waals surface area contributed by atoms with Crippen molar-refractivity contribution in [3.05, 3.63) is 0 Å². The van der Waals surface area contributed by atoms with Crippen molar-refractivity contribution in [1.82, 2.24) is 5.32 Å². The van der Waals surface area contributed by atoms with Gasteiger partial charge in [-0.2, -0.15) is 0 Å². The van der Waals surface area contributed by atoms with E-state index in [1.807, 2.05) is 0 Å². The summed E-state index contributed by atoms with van der Waals surface area (Å²) in [6.45, 7) is 5.13. The Balaban J connectivity index is 0. The first kappa shape index (κ1) is 28.8. The lowest BCUT2D eigenvalue weighted by Gasteiger charge is -2.35. The highest BCUT2D eigenvalue weighted by molar-refractivity contribution is 5.85. The van der Waals surface area contributed by atoms with Crippen LogP contribution in [0.2, 0.25) is 0 Å². The summed E-state index contributed by atoms with van der Waals surface area (Å²) in [5, 5.41) is 2.76. The van der Waals surface area contributed by atoms with Crippen molar-refractivity contribution in [2.75, 3.05) is 20.2 Å². The molecule has 0 aliphatic rings. The molecule has 0 saturated heterocycles. The average molecular weight is 442 g/mol. The third-order valence-electron chi connectivity index (χ3n) is 3.15. The molecule has 0 bridgehead atoms. The Hall–Kier alpha value is -2.40. The van der Waals surface area contributed by atoms with Crippen LogP contribution >= 0.6 is 12.4 Å². The molecule has 0 aromatic carbocycles. The van der Waals surface area contributed by atoms with Gasteiger partial charge >= 0.3 is 29.8 Å². The van der Waals surface area contributed by atoms with Gasteiger partial charge in [0, 0.05) is 41.2 Å². The van der Waals surface area contributed by atoms with Crippen molar-refractivity contribution in [2.24, 2.45) is 0 Å². The van der Waals surface area contributed by atoms with Crippen molar-refractivity contribution in [3.63, 3.8) is 0 Å². The predicted molar refractivity (Wildman–Crippen MR) is 100 cm³/mol. The molecule has 0 saturated carbocycles. The molecular formula is C17H28ClNO10. The molecule has 0 aromatic rings. The minimum absolute atomic E-state index is 0. The smallest absolute Gasteiger partial charge is 0.303 e. The highest BCUT2D eigenvalue weighted by Gasteiger charge is 2.43. The van der Waals surface area contributed by atoms with Crippen LogP contribution in [0.25, 0.3) is 0 Å². The van der Waals surface area contributed by atoms with Crippen LogP contribution in [0.3, 0.4) is 0 Å². The van der Waals surface area contributed by atoms with Crippen molar-refractivity contribution in [1.29, 1.82) is 0 Å². The Morgan fingerprint density at radius 3 is 1.38 bits per heavy atom. The lowest BCUT2D eigenvalue weighted by atomic mass is 10.0. The molecule has 0 radical (unpaired) electrons. The van der Waals surface area contributed by atoms with Gasteiger partial charge in [0.05, 0.1) is 0 Å². The zero-order valence-corrected chi connectivity index (χ0v) is 18.0. The number of nitrogens with one attached hydrogen (secondary N) is 1. The lowest BCUT2D eigenvalue weighted by molar-refractivity contribution is -0.202.